The standard InChI is InChI=1S/C16H21N3O/c1-19-9-3-4-12(11-19)10-18-16(20)14-5-2-6-15-13(14)7-8-17-15/h2,5-8,12,17H,3-4,9-11H2,1H3,(H,18,20). The van der Waals surface area contributed by atoms with Crippen molar-refractivity contribution in [3.05, 3.63) is 36.0 Å². The summed E-state index contributed by atoms with van der Waals surface area (Å²) >= 11 is 0. The van der Waals surface area contributed by atoms with Gasteiger partial charge in [0.1, 0.15) is 0 Å². The summed E-state index contributed by atoms with van der Waals surface area (Å²) in [4.78, 5) is 17.8. The van der Waals surface area contributed by atoms with E-state index >= 15 is 0 Å². The number of fused-ring (bicyclic) bond motifs is 1. The topological polar surface area (TPSA) is 48.1 Å². The molecule has 4 heteroatoms. The molecule has 0 spiro atoms. The van der Waals surface area contributed by atoms with Crippen LogP contribution in [-0.4, -0.2) is 42.5 Å². The molecule has 4 nitrogen and oxygen atoms in total. The van der Waals surface area contributed by atoms with E-state index in [1.54, 1.807) is 0 Å². The van der Waals surface area contributed by atoms with E-state index in [2.05, 4.69) is 22.2 Å². The minimum Gasteiger partial charge on any atom is -0.361 e. The Kier molecular flexibility index (Phi) is 3.74. The summed E-state index contributed by atoms with van der Waals surface area (Å²) in [5.74, 6) is 0.603. The van der Waals surface area contributed by atoms with Gasteiger partial charge in [0.15, 0.2) is 0 Å². The number of carbonyl (C=O) groups is 1. The Bertz CT molecular complexity index is 605. The van der Waals surface area contributed by atoms with Gasteiger partial charge in [-0.1, -0.05) is 6.07 Å². The van der Waals surface area contributed by atoms with Crippen LogP contribution in [-0.2, 0) is 0 Å². The van der Waals surface area contributed by atoms with Gasteiger partial charge in [-0.2, -0.15) is 0 Å². The van der Waals surface area contributed by atoms with Crippen molar-refractivity contribution < 1.29 is 4.79 Å². The number of hydrogen-bond acceptors (Lipinski definition) is 2. The number of hydrogen-bond donors (Lipinski definition) is 2. The Labute approximate surface area is 119 Å². The van der Waals surface area contributed by atoms with Gasteiger partial charge >= 0.3 is 0 Å². The predicted octanol–water partition coefficient (Wildman–Crippen LogP) is 2.24. The third-order valence-electron chi connectivity index (χ3n) is 4.11. The second-order valence-corrected chi connectivity index (χ2v) is 5.73. The molecule has 0 bridgehead atoms. The maximum Gasteiger partial charge on any atom is 0.251 e. The van der Waals surface area contributed by atoms with Crippen LogP contribution in [0.5, 0.6) is 0 Å². The molecule has 20 heavy (non-hydrogen) atoms. The van der Waals surface area contributed by atoms with Gasteiger partial charge in [0.25, 0.3) is 5.91 Å². The molecular weight excluding hydrogens is 250 g/mol. The summed E-state index contributed by atoms with van der Waals surface area (Å²) in [6, 6.07) is 7.75. The van der Waals surface area contributed by atoms with Crippen LogP contribution in [0.25, 0.3) is 10.9 Å². The highest BCUT2D eigenvalue weighted by atomic mass is 16.1. The first kappa shape index (κ1) is 13.2. The van der Waals surface area contributed by atoms with Gasteiger partial charge in [0.05, 0.1) is 0 Å². The van der Waals surface area contributed by atoms with Crippen molar-refractivity contribution in [1.29, 1.82) is 0 Å². The number of carbonyl (C=O) groups excluding carboxylic acids is 1. The van der Waals surface area contributed by atoms with Gasteiger partial charge < -0.3 is 15.2 Å². The van der Waals surface area contributed by atoms with E-state index in [1.165, 1.54) is 19.4 Å². The lowest BCUT2D eigenvalue weighted by atomic mass is 9.98. The summed E-state index contributed by atoms with van der Waals surface area (Å²) < 4.78 is 0. The number of amides is 1. The Morgan fingerprint density at radius 3 is 3.20 bits per heavy atom. The van der Waals surface area contributed by atoms with Crippen LogP contribution < -0.4 is 5.32 Å². The van der Waals surface area contributed by atoms with Gasteiger partial charge in [0.2, 0.25) is 0 Å². The Hall–Kier alpha value is -1.81. The summed E-state index contributed by atoms with van der Waals surface area (Å²) in [5, 5.41) is 4.08. The van der Waals surface area contributed by atoms with E-state index < -0.39 is 0 Å². The van der Waals surface area contributed by atoms with Crippen molar-refractivity contribution in [2.24, 2.45) is 5.92 Å². The number of aromatic nitrogens is 1. The lowest BCUT2D eigenvalue weighted by Gasteiger charge is -2.29. The minimum atomic E-state index is 0.0310. The van der Waals surface area contributed by atoms with Gasteiger partial charge in [-0.15, -0.1) is 0 Å². The zero-order valence-corrected chi connectivity index (χ0v) is 11.9. The molecule has 0 aliphatic carbocycles. The molecule has 0 radical (unpaired) electrons. The molecule has 1 atom stereocenters. The Balaban J connectivity index is 1.66. The third kappa shape index (κ3) is 2.70. The first-order valence-electron chi connectivity index (χ1n) is 7.27. The van der Waals surface area contributed by atoms with Crippen LogP contribution in [0.2, 0.25) is 0 Å². The van der Waals surface area contributed by atoms with E-state index in [0.29, 0.717) is 5.92 Å². The highest BCUT2D eigenvalue weighted by Gasteiger charge is 2.18. The van der Waals surface area contributed by atoms with Crippen LogP contribution in [0, 0.1) is 5.92 Å². The largest absolute Gasteiger partial charge is 0.361 e. The maximum absolute atomic E-state index is 12.3. The van der Waals surface area contributed by atoms with Gasteiger partial charge in [-0.05, 0) is 50.6 Å². The second kappa shape index (κ2) is 5.67. The van der Waals surface area contributed by atoms with Gasteiger partial charge in [-0.3, -0.25) is 4.79 Å². The highest BCUT2D eigenvalue weighted by molar-refractivity contribution is 6.06. The average molecular weight is 271 g/mol. The SMILES string of the molecule is CN1CCCC(CNC(=O)c2cccc3[nH]ccc23)C1. The van der Waals surface area contributed by atoms with Crippen LogP contribution in [0.3, 0.4) is 0 Å². The van der Waals surface area contributed by atoms with Crippen molar-refractivity contribution in [1.82, 2.24) is 15.2 Å². The zero-order valence-electron chi connectivity index (χ0n) is 11.9. The molecule has 0 saturated carbocycles. The highest BCUT2D eigenvalue weighted by Crippen LogP contribution is 2.18. The van der Waals surface area contributed by atoms with Crippen molar-refractivity contribution in [3.8, 4) is 0 Å². The summed E-state index contributed by atoms with van der Waals surface area (Å²) in [5.41, 5.74) is 1.77. The molecule has 1 amide bonds. The molecule has 3 rings (SSSR count). The Morgan fingerprint density at radius 2 is 2.35 bits per heavy atom. The number of benzene rings is 1. The number of nitrogens with zero attached hydrogens (tertiary/aromatic N) is 1. The second-order valence-electron chi connectivity index (χ2n) is 5.73. The van der Waals surface area contributed by atoms with E-state index in [1.807, 2.05) is 30.5 Å². The fourth-order valence-corrected chi connectivity index (χ4v) is 3.06. The van der Waals surface area contributed by atoms with Crippen molar-refractivity contribution in [2.75, 3.05) is 26.7 Å². The molecule has 1 aliphatic heterocycles. The van der Waals surface area contributed by atoms with Crippen molar-refractivity contribution in [2.45, 2.75) is 12.8 Å². The quantitative estimate of drug-likeness (QED) is 0.899. The molecule has 1 aromatic carbocycles. The molecule has 1 fully saturated rings. The lowest BCUT2D eigenvalue weighted by Crippen LogP contribution is -2.39. The molecule has 2 aromatic rings. The van der Waals surface area contributed by atoms with Gasteiger partial charge in [-0.25, -0.2) is 0 Å². The molecule has 1 unspecified atom stereocenters. The Morgan fingerprint density at radius 1 is 1.45 bits per heavy atom. The molecule has 1 saturated heterocycles. The predicted molar refractivity (Wildman–Crippen MR) is 80.9 cm³/mol. The lowest BCUT2D eigenvalue weighted by molar-refractivity contribution is 0.0938. The fourth-order valence-electron chi connectivity index (χ4n) is 3.06. The molecule has 2 heterocycles. The van der Waals surface area contributed by atoms with Gasteiger partial charge in [0, 0.05) is 35.8 Å². The van der Waals surface area contributed by atoms with E-state index in [9.17, 15) is 4.79 Å². The first-order valence-corrected chi connectivity index (χ1v) is 7.27. The maximum atomic E-state index is 12.3. The first-order chi connectivity index (χ1) is 9.74. The summed E-state index contributed by atoms with van der Waals surface area (Å²) in [7, 11) is 2.15. The normalized spacial score (nSPS) is 20.1. The summed E-state index contributed by atoms with van der Waals surface area (Å²) in [6.45, 7) is 3.02. The minimum absolute atomic E-state index is 0.0310. The molecule has 1 aliphatic rings. The van der Waals surface area contributed by atoms with Crippen molar-refractivity contribution in [3.63, 3.8) is 0 Å². The smallest absolute Gasteiger partial charge is 0.251 e. The molecule has 2 N–H and O–H groups in total. The third-order valence-corrected chi connectivity index (χ3v) is 4.11. The fraction of sp³-hybridized carbons (Fsp3) is 0.438. The van der Waals surface area contributed by atoms with E-state index in [0.717, 1.165) is 29.6 Å². The average Bonchev–Trinajstić information content (AvgIpc) is 2.93. The monoisotopic (exact) mass is 271 g/mol. The number of likely N-dealkylation sites (tertiary alicyclic amines) is 1. The summed E-state index contributed by atoms with van der Waals surface area (Å²) in [6.07, 6.45) is 4.31. The van der Waals surface area contributed by atoms with Crippen LogP contribution in [0.15, 0.2) is 30.5 Å². The van der Waals surface area contributed by atoms with E-state index in [-0.39, 0.29) is 5.91 Å². The number of piperidine rings is 1. The van der Waals surface area contributed by atoms with Crippen LogP contribution >= 0.6 is 0 Å². The number of aromatic amines is 1. The van der Waals surface area contributed by atoms with E-state index in [4.69, 9.17) is 0 Å². The molecule has 106 valence electrons. The molecular formula is C16H21N3O. The number of H-pyrrole nitrogens is 1. The number of nitrogens with one attached hydrogen (secondary N) is 2. The number of rotatable bonds is 3. The molecule has 1 aromatic heterocycles. The van der Waals surface area contributed by atoms with Crippen LogP contribution in [0.4, 0.5) is 0 Å². The van der Waals surface area contributed by atoms with Crippen LogP contribution in [0.1, 0.15) is 23.2 Å². The zero-order chi connectivity index (χ0) is 13.9. The van der Waals surface area contributed by atoms with Crippen molar-refractivity contribution >= 4 is 16.8 Å².